The van der Waals surface area contributed by atoms with E-state index in [4.69, 9.17) is 0 Å². The predicted molar refractivity (Wildman–Crippen MR) is 211 cm³/mol. The molecule has 0 unspecified atom stereocenters. The van der Waals surface area contributed by atoms with Crippen molar-refractivity contribution in [2.24, 2.45) is 0 Å². The molecule has 0 atom stereocenters. The zero-order valence-corrected chi connectivity index (χ0v) is 31.0. The molecule has 7 rings (SSSR count). The molecule has 0 aromatic heterocycles. The van der Waals surface area contributed by atoms with Crippen LogP contribution in [0.25, 0.3) is 34.4 Å². The van der Waals surface area contributed by atoms with Crippen molar-refractivity contribution in [2.75, 3.05) is 0 Å². The molecule has 0 heterocycles. The Labute approximate surface area is 290 Å². The molecule has 0 spiro atoms. The van der Waals surface area contributed by atoms with Gasteiger partial charge in [0.15, 0.2) is 0 Å². The Morgan fingerprint density at radius 2 is 0.979 bits per heavy atom. The Balaban J connectivity index is 1.31. The van der Waals surface area contributed by atoms with Gasteiger partial charge in [0.2, 0.25) is 0 Å². The van der Waals surface area contributed by atoms with Crippen LogP contribution < -0.4 is 0 Å². The average Bonchev–Trinajstić information content (AvgIpc) is 3.73. The van der Waals surface area contributed by atoms with Crippen molar-refractivity contribution in [3.63, 3.8) is 0 Å². The van der Waals surface area contributed by atoms with E-state index in [1.165, 1.54) is 67.2 Å². The monoisotopic (exact) mass is 642 g/mol. The molecular weight excluding hydrogens is 593 g/mol. The predicted octanol–water partition coefficient (Wildman–Crippen LogP) is 12.6. The van der Waals surface area contributed by atoms with Crippen LogP contribution in [-0.4, -0.2) is 8.07 Å². The van der Waals surface area contributed by atoms with Crippen LogP contribution in [0.2, 0.25) is 12.6 Å². The lowest BCUT2D eigenvalue weighted by molar-refractivity contribution is 0.590. The molecular formula is C47H50Si. The summed E-state index contributed by atoms with van der Waals surface area (Å²) in [5, 5.41) is 3.37. The number of allylic oxidation sites excluding steroid dienone is 2. The fourth-order valence-corrected chi connectivity index (χ4v) is 11.8. The molecule has 0 saturated heterocycles. The van der Waals surface area contributed by atoms with E-state index in [1.807, 2.05) is 0 Å². The second kappa shape index (κ2) is 12.4. The van der Waals surface area contributed by atoms with Gasteiger partial charge in [-0.3, -0.25) is 0 Å². The molecule has 2 aliphatic carbocycles. The van der Waals surface area contributed by atoms with Gasteiger partial charge in [-0.1, -0.05) is 186 Å². The third-order valence-electron chi connectivity index (χ3n) is 11.0. The summed E-state index contributed by atoms with van der Waals surface area (Å²) in [6, 6.07) is 44.8. The molecule has 0 N–H and O–H groups in total. The number of rotatable bonds is 7. The van der Waals surface area contributed by atoms with E-state index < -0.39 is 8.07 Å². The fraction of sp³-hybridized carbons (Fsp3) is 0.277. The minimum atomic E-state index is -2.07. The van der Waals surface area contributed by atoms with E-state index in [0.29, 0.717) is 0 Å². The molecule has 1 heteroatoms. The quantitative estimate of drug-likeness (QED) is 0.155. The summed E-state index contributed by atoms with van der Waals surface area (Å²) in [6.07, 6.45) is 8.50. The Hall–Kier alpha value is -4.20. The first-order valence-corrected chi connectivity index (χ1v) is 20.5. The fourth-order valence-electron chi connectivity index (χ4n) is 7.82. The lowest BCUT2D eigenvalue weighted by Crippen LogP contribution is -2.37. The van der Waals surface area contributed by atoms with Gasteiger partial charge in [-0.2, -0.15) is 0 Å². The summed E-state index contributed by atoms with van der Waals surface area (Å²) in [7, 11) is -2.07. The van der Waals surface area contributed by atoms with Gasteiger partial charge >= 0.3 is 0 Å². The van der Waals surface area contributed by atoms with Crippen LogP contribution in [0.3, 0.4) is 0 Å². The van der Waals surface area contributed by atoms with Crippen molar-refractivity contribution in [1.82, 2.24) is 0 Å². The third kappa shape index (κ3) is 6.22. The minimum Gasteiger partial charge on any atom is -0.0712 e. The summed E-state index contributed by atoms with van der Waals surface area (Å²) >= 11 is 0. The molecule has 0 nitrogen and oxygen atoms in total. The molecule has 0 radical (unpaired) electrons. The molecule has 5 aromatic carbocycles. The van der Waals surface area contributed by atoms with Gasteiger partial charge in [0.05, 0.1) is 0 Å². The highest BCUT2D eigenvalue weighted by Crippen LogP contribution is 2.46. The van der Waals surface area contributed by atoms with Crippen LogP contribution in [0.1, 0.15) is 80.5 Å². The third-order valence-corrected chi connectivity index (χ3v) is 15.8. The molecule has 0 aliphatic heterocycles. The molecule has 0 amide bonds. The number of fused-ring (bicyclic) bond motifs is 2. The van der Waals surface area contributed by atoms with Crippen LogP contribution in [-0.2, 0) is 30.1 Å². The average molecular weight is 643 g/mol. The first-order valence-electron chi connectivity index (χ1n) is 17.8. The first-order chi connectivity index (χ1) is 22.9. The van der Waals surface area contributed by atoms with E-state index in [1.54, 1.807) is 10.4 Å². The molecule has 48 heavy (non-hydrogen) atoms. The number of aryl methyl sites for hydroxylation is 1. The van der Waals surface area contributed by atoms with E-state index >= 15 is 0 Å². The van der Waals surface area contributed by atoms with Gasteiger partial charge in [0, 0.05) is 0 Å². The highest BCUT2D eigenvalue weighted by molar-refractivity contribution is 6.93. The highest BCUT2D eigenvalue weighted by Gasteiger charge is 2.40. The maximum Gasteiger partial charge on any atom is 0.107 e. The Morgan fingerprint density at radius 3 is 1.44 bits per heavy atom. The normalized spacial score (nSPS) is 14.4. The minimum absolute atomic E-state index is 0.120. The van der Waals surface area contributed by atoms with Crippen LogP contribution >= 0.6 is 0 Å². The van der Waals surface area contributed by atoms with Crippen LogP contribution in [0.5, 0.6) is 0 Å². The first kappa shape index (κ1) is 32.3. The maximum atomic E-state index is 2.67. The van der Waals surface area contributed by atoms with Gasteiger partial charge in [-0.25, -0.2) is 0 Å². The standard InChI is InChI=1S/C47H50Si/c1-46(2,3)38-21-11-17-34(27-38)42-23-13-19-36-29-40(31-44(36)42)48(7,26-25-33-15-9-8-10-16-33)41-30-37-20-14-24-43(45(37)32-41)35-18-12-22-39(28-35)47(4,5)6/h8-24,27-28,31-32H,25-26,29-30H2,1-7H3. The second-order valence-electron chi connectivity index (χ2n) is 16.4. The van der Waals surface area contributed by atoms with Gasteiger partial charge in [0.25, 0.3) is 0 Å². The summed E-state index contributed by atoms with van der Waals surface area (Å²) in [5.74, 6) is 0. The van der Waals surface area contributed by atoms with Crippen molar-refractivity contribution in [1.29, 1.82) is 0 Å². The topological polar surface area (TPSA) is 0 Å². The number of hydrogen-bond donors (Lipinski definition) is 0. The van der Waals surface area contributed by atoms with Gasteiger partial charge in [0.1, 0.15) is 8.07 Å². The maximum absolute atomic E-state index is 2.67. The molecule has 0 saturated carbocycles. The molecule has 242 valence electrons. The SMILES string of the molecule is CC(C)(C)c1cccc(-c2cccc3c2C=C([Si](C)(CCc2ccccc2)C2=Cc4c(cccc4-c4cccc(C(C)(C)C)c4)C2)C3)c1. The van der Waals surface area contributed by atoms with E-state index in [0.717, 1.165) is 19.3 Å². The van der Waals surface area contributed by atoms with Crippen molar-refractivity contribution in [3.8, 4) is 22.3 Å². The molecule has 5 aromatic rings. The zero-order chi connectivity index (χ0) is 33.7. The number of hydrogen-bond acceptors (Lipinski definition) is 0. The Bertz CT molecular complexity index is 1920. The van der Waals surface area contributed by atoms with E-state index in [9.17, 15) is 0 Å². The molecule has 0 bridgehead atoms. The van der Waals surface area contributed by atoms with E-state index in [2.05, 4.69) is 176 Å². The van der Waals surface area contributed by atoms with Crippen molar-refractivity contribution in [2.45, 2.75) is 84.2 Å². The summed E-state index contributed by atoms with van der Waals surface area (Å²) < 4.78 is 0. The largest absolute Gasteiger partial charge is 0.107 e. The van der Waals surface area contributed by atoms with Crippen molar-refractivity contribution >= 4 is 20.2 Å². The second-order valence-corrected chi connectivity index (χ2v) is 20.9. The summed E-state index contributed by atoms with van der Waals surface area (Å²) in [5.41, 5.74) is 15.7. The Kier molecular flexibility index (Phi) is 8.33. The van der Waals surface area contributed by atoms with E-state index in [-0.39, 0.29) is 10.8 Å². The number of benzene rings is 5. The molecule has 0 fully saturated rings. The van der Waals surface area contributed by atoms with Crippen LogP contribution in [0, 0.1) is 0 Å². The smallest absolute Gasteiger partial charge is 0.0712 e. The van der Waals surface area contributed by atoms with Gasteiger partial charge in [-0.05, 0) is 97.3 Å². The highest BCUT2D eigenvalue weighted by atomic mass is 28.3. The van der Waals surface area contributed by atoms with Crippen LogP contribution in [0.4, 0.5) is 0 Å². The lowest BCUT2D eigenvalue weighted by Gasteiger charge is -2.31. The van der Waals surface area contributed by atoms with Crippen molar-refractivity contribution in [3.05, 3.63) is 165 Å². The zero-order valence-electron chi connectivity index (χ0n) is 30.0. The Morgan fingerprint density at radius 1 is 0.521 bits per heavy atom. The lowest BCUT2D eigenvalue weighted by atomic mass is 9.85. The van der Waals surface area contributed by atoms with Crippen molar-refractivity contribution < 1.29 is 0 Å². The van der Waals surface area contributed by atoms with Gasteiger partial charge in [-0.15, -0.1) is 0 Å². The molecule has 2 aliphatic rings. The summed E-state index contributed by atoms with van der Waals surface area (Å²) in [6.45, 7) is 16.5. The van der Waals surface area contributed by atoms with Gasteiger partial charge < -0.3 is 0 Å². The summed E-state index contributed by atoms with van der Waals surface area (Å²) in [4.78, 5) is 0. The van der Waals surface area contributed by atoms with Crippen LogP contribution in [0.15, 0.2) is 126 Å².